The van der Waals surface area contributed by atoms with Crippen LogP contribution in [-0.2, 0) is 11.3 Å². The van der Waals surface area contributed by atoms with Gasteiger partial charge in [0.05, 0.1) is 11.6 Å². The Hall–Kier alpha value is -3.22. The Morgan fingerprint density at radius 1 is 1.19 bits per heavy atom. The fraction of sp³-hybridized carbons (Fsp3) is 0.300. The van der Waals surface area contributed by atoms with Gasteiger partial charge in [-0.3, -0.25) is 9.36 Å². The number of carbonyl (C=O) groups is 1. The van der Waals surface area contributed by atoms with E-state index >= 15 is 0 Å². The molecule has 1 aliphatic heterocycles. The fourth-order valence-electron chi connectivity index (χ4n) is 3.20. The van der Waals surface area contributed by atoms with E-state index in [1.807, 2.05) is 43.3 Å². The van der Waals surface area contributed by atoms with Crippen LogP contribution in [0.5, 0.6) is 11.5 Å². The molecule has 1 unspecified atom stereocenters. The molecule has 2 aromatic carbocycles. The number of oxazole rings is 1. The van der Waals surface area contributed by atoms with Crippen molar-refractivity contribution in [2.24, 2.45) is 0 Å². The number of para-hydroxylation sites is 2. The number of aromatic nitrogens is 1. The van der Waals surface area contributed by atoms with Gasteiger partial charge in [-0.1, -0.05) is 18.2 Å². The molecule has 0 radical (unpaired) electrons. The van der Waals surface area contributed by atoms with Crippen molar-refractivity contribution in [3.8, 4) is 11.5 Å². The van der Waals surface area contributed by atoms with Gasteiger partial charge in [0.25, 0.3) is 0 Å². The second-order valence-electron chi connectivity index (χ2n) is 6.49. The van der Waals surface area contributed by atoms with Crippen molar-refractivity contribution in [1.29, 1.82) is 0 Å². The first-order valence-corrected chi connectivity index (χ1v) is 8.89. The number of fused-ring (bicyclic) bond motifs is 2. The number of nitrogens with one attached hydrogen (secondary N) is 1. The van der Waals surface area contributed by atoms with Crippen molar-refractivity contribution in [3.05, 3.63) is 58.6 Å². The molecular formula is C20H20N2O5. The summed E-state index contributed by atoms with van der Waals surface area (Å²) in [4.78, 5) is 24.2. The third-order valence-corrected chi connectivity index (χ3v) is 4.63. The molecular weight excluding hydrogens is 348 g/mol. The molecule has 0 bridgehead atoms. The number of benzene rings is 2. The van der Waals surface area contributed by atoms with Crippen LogP contribution in [0.15, 0.2) is 51.7 Å². The zero-order valence-electron chi connectivity index (χ0n) is 14.9. The van der Waals surface area contributed by atoms with Gasteiger partial charge in [0.2, 0.25) is 12.7 Å². The monoisotopic (exact) mass is 368 g/mol. The lowest BCUT2D eigenvalue weighted by molar-refractivity contribution is -0.121. The first-order valence-electron chi connectivity index (χ1n) is 8.89. The normalized spacial score (nSPS) is 13.7. The Balaban J connectivity index is 1.33. The molecule has 0 spiro atoms. The molecule has 140 valence electrons. The van der Waals surface area contributed by atoms with Gasteiger partial charge in [-0.25, -0.2) is 4.79 Å². The van der Waals surface area contributed by atoms with Crippen molar-refractivity contribution in [3.63, 3.8) is 0 Å². The number of aryl methyl sites for hydroxylation is 1. The summed E-state index contributed by atoms with van der Waals surface area (Å²) in [7, 11) is 0. The van der Waals surface area contributed by atoms with Gasteiger partial charge in [-0.15, -0.1) is 0 Å². The lowest BCUT2D eigenvalue weighted by Crippen LogP contribution is -2.27. The van der Waals surface area contributed by atoms with Gasteiger partial charge < -0.3 is 19.2 Å². The molecule has 1 aromatic heterocycles. The van der Waals surface area contributed by atoms with Crippen LogP contribution in [0, 0.1) is 0 Å². The maximum atomic E-state index is 12.3. The van der Waals surface area contributed by atoms with Crippen molar-refractivity contribution in [2.75, 3.05) is 6.79 Å². The van der Waals surface area contributed by atoms with E-state index < -0.39 is 5.76 Å². The summed E-state index contributed by atoms with van der Waals surface area (Å²) >= 11 is 0. The zero-order valence-corrected chi connectivity index (χ0v) is 14.9. The lowest BCUT2D eigenvalue weighted by atomic mass is 10.1. The van der Waals surface area contributed by atoms with E-state index in [9.17, 15) is 9.59 Å². The molecule has 4 rings (SSSR count). The second-order valence-corrected chi connectivity index (χ2v) is 6.49. The quantitative estimate of drug-likeness (QED) is 0.723. The molecule has 1 amide bonds. The molecule has 0 saturated heterocycles. The summed E-state index contributed by atoms with van der Waals surface area (Å²) in [6.07, 6.45) is 0.865. The maximum absolute atomic E-state index is 12.3. The maximum Gasteiger partial charge on any atom is 0.419 e. The van der Waals surface area contributed by atoms with E-state index in [0.29, 0.717) is 30.7 Å². The van der Waals surface area contributed by atoms with Crippen LogP contribution < -0.4 is 20.5 Å². The number of amides is 1. The molecule has 1 N–H and O–H groups in total. The third kappa shape index (κ3) is 3.53. The molecule has 7 nitrogen and oxygen atoms in total. The predicted molar refractivity (Wildman–Crippen MR) is 98.8 cm³/mol. The molecule has 2 heterocycles. The highest BCUT2D eigenvalue weighted by molar-refractivity contribution is 5.76. The van der Waals surface area contributed by atoms with Crippen molar-refractivity contribution >= 4 is 17.0 Å². The number of rotatable bonds is 6. The zero-order chi connectivity index (χ0) is 18.8. The highest BCUT2D eigenvalue weighted by Crippen LogP contribution is 2.34. The average Bonchev–Trinajstić information content (AvgIpc) is 3.25. The summed E-state index contributed by atoms with van der Waals surface area (Å²) in [5.41, 5.74) is 2.25. The standard InChI is InChI=1S/C20H20N2O5/c1-13(14-8-9-17-18(11-14)26-12-25-17)21-19(23)7-4-10-22-15-5-2-3-6-16(15)27-20(22)24/h2-3,5-6,8-9,11,13H,4,7,10,12H2,1H3,(H,21,23). The van der Waals surface area contributed by atoms with Gasteiger partial charge in [-0.05, 0) is 43.2 Å². The summed E-state index contributed by atoms with van der Waals surface area (Å²) < 4.78 is 17.4. The Labute approximate surface area is 155 Å². The largest absolute Gasteiger partial charge is 0.454 e. The van der Waals surface area contributed by atoms with Crippen LogP contribution in [-0.4, -0.2) is 17.3 Å². The Bertz CT molecular complexity index is 1040. The number of nitrogens with zero attached hydrogens (tertiary/aromatic N) is 1. The van der Waals surface area contributed by atoms with Crippen LogP contribution >= 0.6 is 0 Å². The highest BCUT2D eigenvalue weighted by atomic mass is 16.7. The number of hydrogen-bond donors (Lipinski definition) is 1. The number of carbonyl (C=O) groups excluding carboxylic acids is 1. The molecule has 0 saturated carbocycles. The molecule has 27 heavy (non-hydrogen) atoms. The Kier molecular flexibility index (Phi) is 4.58. The first kappa shape index (κ1) is 17.2. The lowest BCUT2D eigenvalue weighted by Gasteiger charge is -2.15. The number of hydrogen-bond acceptors (Lipinski definition) is 5. The molecule has 0 aliphatic carbocycles. The minimum Gasteiger partial charge on any atom is -0.454 e. The van der Waals surface area contributed by atoms with E-state index in [0.717, 1.165) is 16.8 Å². The minimum atomic E-state index is -0.398. The van der Waals surface area contributed by atoms with Crippen molar-refractivity contribution in [1.82, 2.24) is 9.88 Å². The molecule has 3 aromatic rings. The SMILES string of the molecule is CC(NC(=O)CCCn1c(=O)oc2ccccc21)c1ccc2c(c1)OCO2. The molecule has 1 atom stereocenters. The summed E-state index contributed by atoms with van der Waals surface area (Å²) in [6.45, 7) is 2.58. The van der Waals surface area contributed by atoms with Crippen LogP contribution in [0.2, 0.25) is 0 Å². The highest BCUT2D eigenvalue weighted by Gasteiger charge is 2.17. The van der Waals surface area contributed by atoms with E-state index in [-0.39, 0.29) is 18.7 Å². The van der Waals surface area contributed by atoms with Gasteiger partial charge in [-0.2, -0.15) is 0 Å². The van der Waals surface area contributed by atoms with Crippen LogP contribution in [0.1, 0.15) is 31.4 Å². The second kappa shape index (κ2) is 7.19. The van der Waals surface area contributed by atoms with Gasteiger partial charge in [0, 0.05) is 13.0 Å². The smallest absolute Gasteiger partial charge is 0.419 e. The van der Waals surface area contributed by atoms with Crippen molar-refractivity contribution in [2.45, 2.75) is 32.4 Å². The summed E-state index contributed by atoms with van der Waals surface area (Å²) in [6, 6.07) is 12.8. The van der Waals surface area contributed by atoms with E-state index in [2.05, 4.69) is 5.32 Å². The van der Waals surface area contributed by atoms with Crippen LogP contribution in [0.3, 0.4) is 0 Å². The van der Waals surface area contributed by atoms with Crippen LogP contribution in [0.4, 0.5) is 0 Å². The van der Waals surface area contributed by atoms with Crippen LogP contribution in [0.25, 0.3) is 11.1 Å². The Morgan fingerprint density at radius 3 is 2.89 bits per heavy atom. The predicted octanol–water partition coefficient (Wildman–Crippen LogP) is 2.98. The third-order valence-electron chi connectivity index (χ3n) is 4.63. The van der Waals surface area contributed by atoms with E-state index in [1.54, 1.807) is 10.6 Å². The summed E-state index contributed by atoms with van der Waals surface area (Å²) in [5.74, 6) is 0.946. The molecule has 1 aliphatic rings. The minimum absolute atomic E-state index is 0.0685. The first-order chi connectivity index (χ1) is 13.1. The van der Waals surface area contributed by atoms with Gasteiger partial charge in [0.1, 0.15) is 0 Å². The average molecular weight is 368 g/mol. The summed E-state index contributed by atoms with van der Waals surface area (Å²) in [5, 5.41) is 2.97. The van der Waals surface area contributed by atoms with Gasteiger partial charge >= 0.3 is 5.76 Å². The van der Waals surface area contributed by atoms with Crippen molar-refractivity contribution < 1.29 is 18.7 Å². The van der Waals surface area contributed by atoms with E-state index in [4.69, 9.17) is 13.9 Å². The molecule has 7 heteroatoms. The van der Waals surface area contributed by atoms with Gasteiger partial charge in [0.15, 0.2) is 17.1 Å². The van der Waals surface area contributed by atoms with E-state index in [1.165, 1.54) is 0 Å². The topological polar surface area (TPSA) is 82.7 Å². The number of ether oxygens (including phenoxy) is 2. The Morgan fingerprint density at radius 2 is 2.00 bits per heavy atom. The molecule has 0 fully saturated rings. The fourth-order valence-corrected chi connectivity index (χ4v) is 3.20.